The Morgan fingerprint density at radius 1 is 1.12 bits per heavy atom. The van der Waals surface area contributed by atoms with Crippen molar-refractivity contribution in [2.24, 2.45) is 4.99 Å². The molecule has 0 saturated heterocycles. The molecule has 9 nitrogen and oxygen atoms in total. The first-order valence-electron chi connectivity index (χ1n) is 13.2. The summed E-state index contributed by atoms with van der Waals surface area (Å²) in [7, 11) is 0. The normalized spacial score (nSPS) is 15.3. The van der Waals surface area contributed by atoms with Gasteiger partial charge in [0.2, 0.25) is 0 Å². The van der Waals surface area contributed by atoms with E-state index in [0.717, 1.165) is 32.1 Å². The Hall–Kier alpha value is -3.69. The number of benzene rings is 1. The maximum atomic E-state index is 13.6. The number of ether oxygens (including phenoxy) is 2. The predicted octanol–water partition coefficient (Wildman–Crippen LogP) is 5.53. The molecule has 1 aliphatic carbocycles. The number of hydrogen-bond acceptors (Lipinski definition) is 6. The minimum Gasteiger partial charge on any atom is -0.479 e. The van der Waals surface area contributed by atoms with Crippen LogP contribution in [0.4, 0.5) is 0 Å². The van der Waals surface area contributed by atoms with E-state index in [0.29, 0.717) is 16.3 Å². The highest BCUT2D eigenvalue weighted by atomic mass is 35.5. The molecule has 4 aromatic rings. The van der Waals surface area contributed by atoms with Crippen LogP contribution >= 0.6 is 23.2 Å². The van der Waals surface area contributed by atoms with E-state index in [1.807, 2.05) is 0 Å². The Kier molecular flexibility index (Phi) is 8.23. The number of carbonyl (C=O) groups is 2. The fraction of sp³-hybridized carbons (Fsp3) is 0.345. The van der Waals surface area contributed by atoms with Gasteiger partial charge in [-0.05, 0) is 63.1 Å². The first kappa shape index (κ1) is 27.9. The lowest BCUT2D eigenvalue weighted by Crippen LogP contribution is -2.37. The van der Waals surface area contributed by atoms with E-state index >= 15 is 0 Å². The van der Waals surface area contributed by atoms with Gasteiger partial charge in [-0.3, -0.25) is 14.0 Å². The summed E-state index contributed by atoms with van der Waals surface area (Å²) in [5.74, 6) is -1.06. The Morgan fingerprint density at radius 2 is 1.90 bits per heavy atom. The Bertz CT molecular complexity index is 1740. The van der Waals surface area contributed by atoms with Crippen LogP contribution in [-0.2, 0) is 9.53 Å². The number of fused-ring (bicyclic) bond motifs is 2. The summed E-state index contributed by atoms with van der Waals surface area (Å²) >= 11 is 12.2. The van der Waals surface area contributed by atoms with Crippen LogP contribution in [0.15, 0.2) is 58.4 Å². The molecular weight excluding hydrogens is 555 g/mol. The number of aromatic nitrogens is 3. The lowest BCUT2D eigenvalue weighted by Gasteiger charge is -2.27. The minimum absolute atomic E-state index is 0.0137. The largest absolute Gasteiger partial charge is 0.479 e. The highest BCUT2D eigenvalue weighted by Crippen LogP contribution is 2.30. The number of halogens is 2. The van der Waals surface area contributed by atoms with Crippen molar-refractivity contribution in [1.82, 2.24) is 14.0 Å². The Balaban J connectivity index is 1.75. The second-order valence-electron chi connectivity index (χ2n) is 9.63. The average molecular weight is 583 g/mol. The number of pyridine rings is 2. The van der Waals surface area contributed by atoms with E-state index in [1.165, 1.54) is 16.5 Å². The van der Waals surface area contributed by atoms with Crippen LogP contribution in [-0.4, -0.2) is 38.5 Å². The number of carbonyl (C=O) groups excluding carboxylic acids is 2. The predicted molar refractivity (Wildman–Crippen MR) is 152 cm³/mol. The molecule has 40 heavy (non-hydrogen) atoms. The number of esters is 1. The molecule has 0 radical (unpaired) electrons. The Labute approximate surface area is 240 Å². The molecule has 1 fully saturated rings. The SMILES string of the molecule is CCOC(=O)c1cc2c(=O)n3ccccc3nc2n(C2CCCCC2)c1=NC(=O)[C@H](C)Oc1ccc(Cl)cc1Cl. The average Bonchev–Trinajstić information content (AvgIpc) is 2.95. The zero-order valence-electron chi connectivity index (χ0n) is 22.1. The summed E-state index contributed by atoms with van der Waals surface area (Å²) in [5, 5.41) is 0.917. The standard InChI is InChI=1S/C29H28Cl2N4O5/c1-3-39-29(38)21-16-20-25(32-24-11-7-8-14-34(24)28(20)37)35(19-9-5-4-6-10-19)26(21)33-27(36)17(2)40-23-13-12-18(30)15-22(23)31/h7-8,11-17,19H,3-6,9-10H2,1-2H3/t17-/m0/s1. The van der Waals surface area contributed by atoms with Crippen LogP contribution in [0.25, 0.3) is 16.7 Å². The first-order chi connectivity index (χ1) is 19.3. The summed E-state index contributed by atoms with van der Waals surface area (Å²) in [6.07, 6.45) is 5.13. The zero-order chi connectivity index (χ0) is 28.4. The highest BCUT2D eigenvalue weighted by Gasteiger charge is 2.26. The summed E-state index contributed by atoms with van der Waals surface area (Å²) in [4.78, 5) is 49.5. The summed E-state index contributed by atoms with van der Waals surface area (Å²) in [5.41, 5.74) is 0.576. The summed E-state index contributed by atoms with van der Waals surface area (Å²) in [6.45, 7) is 3.34. The number of hydrogen-bond donors (Lipinski definition) is 0. The van der Waals surface area contributed by atoms with Gasteiger partial charge in [0.25, 0.3) is 11.5 Å². The van der Waals surface area contributed by atoms with Crippen LogP contribution in [0.2, 0.25) is 10.0 Å². The highest BCUT2D eigenvalue weighted by molar-refractivity contribution is 6.35. The van der Waals surface area contributed by atoms with Crippen LogP contribution in [0, 0.1) is 0 Å². The summed E-state index contributed by atoms with van der Waals surface area (Å²) in [6, 6.07) is 11.2. The fourth-order valence-corrected chi connectivity index (χ4v) is 5.46. The molecule has 1 saturated carbocycles. The third kappa shape index (κ3) is 5.48. The van der Waals surface area contributed by atoms with E-state index in [4.69, 9.17) is 37.7 Å². The van der Waals surface area contributed by atoms with Crippen molar-refractivity contribution >= 4 is 51.8 Å². The molecule has 1 atom stereocenters. The van der Waals surface area contributed by atoms with Crippen molar-refractivity contribution in [2.75, 3.05) is 6.61 Å². The number of amides is 1. The summed E-state index contributed by atoms with van der Waals surface area (Å²) < 4.78 is 14.3. The first-order valence-corrected chi connectivity index (χ1v) is 14.0. The van der Waals surface area contributed by atoms with Gasteiger partial charge in [0.05, 0.1) is 17.0 Å². The van der Waals surface area contributed by atoms with Gasteiger partial charge < -0.3 is 14.0 Å². The van der Waals surface area contributed by atoms with Gasteiger partial charge in [0, 0.05) is 17.3 Å². The van der Waals surface area contributed by atoms with Gasteiger partial charge in [-0.1, -0.05) is 48.5 Å². The van der Waals surface area contributed by atoms with E-state index in [2.05, 4.69) is 4.99 Å². The molecule has 3 aromatic heterocycles. The lowest BCUT2D eigenvalue weighted by molar-refractivity contribution is -0.124. The second kappa shape index (κ2) is 11.8. The molecule has 0 spiro atoms. The molecule has 208 valence electrons. The van der Waals surface area contributed by atoms with Crippen LogP contribution in [0.1, 0.15) is 62.4 Å². The maximum Gasteiger partial charge on any atom is 0.341 e. The third-order valence-electron chi connectivity index (χ3n) is 6.93. The van der Waals surface area contributed by atoms with Crippen molar-refractivity contribution in [2.45, 2.75) is 58.1 Å². The number of rotatable bonds is 6. The molecule has 0 bridgehead atoms. The van der Waals surface area contributed by atoms with Gasteiger partial charge >= 0.3 is 5.97 Å². The molecule has 0 unspecified atom stereocenters. The van der Waals surface area contributed by atoms with Gasteiger partial charge in [-0.25, -0.2) is 9.78 Å². The van der Waals surface area contributed by atoms with Gasteiger partial charge in [0.1, 0.15) is 22.6 Å². The van der Waals surface area contributed by atoms with Gasteiger partial charge in [-0.2, -0.15) is 4.99 Å². The molecule has 1 aromatic carbocycles. The minimum atomic E-state index is -1.04. The quantitative estimate of drug-likeness (QED) is 0.218. The second-order valence-corrected chi connectivity index (χ2v) is 10.5. The number of nitrogens with zero attached hydrogens (tertiary/aromatic N) is 4. The van der Waals surface area contributed by atoms with Crippen molar-refractivity contribution in [1.29, 1.82) is 0 Å². The maximum absolute atomic E-state index is 13.6. The van der Waals surface area contributed by atoms with E-state index < -0.39 is 18.0 Å². The van der Waals surface area contributed by atoms with E-state index in [1.54, 1.807) is 54.9 Å². The zero-order valence-corrected chi connectivity index (χ0v) is 23.6. The van der Waals surface area contributed by atoms with Gasteiger partial charge in [-0.15, -0.1) is 0 Å². The van der Waals surface area contributed by atoms with Crippen molar-refractivity contribution in [3.05, 3.63) is 80.1 Å². The van der Waals surface area contributed by atoms with Crippen molar-refractivity contribution in [3.8, 4) is 5.75 Å². The van der Waals surface area contributed by atoms with Crippen LogP contribution < -0.4 is 15.8 Å². The van der Waals surface area contributed by atoms with Crippen LogP contribution in [0.3, 0.4) is 0 Å². The van der Waals surface area contributed by atoms with E-state index in [9.17, 15) is 14.4 Å². The topological polar surface area (TPSA) is 104 Å². The van der Waals surface area contributed by atoms with Crippen LogP contribution in [0.5, 0.6) is 5.75 Å². The van der Waals surface area contributed by atoms with Crippen molar-refractivity contribution < 1.29 is 19.1 Å². The molecular formula is C29H28Cl2N4O5. The molecule has 1 aliphatic rings. The lowest BCUT2D eigenvalue weighted by atomic mass is 9.94. The third-order valence-corrected chi connectivity index (χ3v) is 7.46. The molecule has 0 N–H and O–H groups in total. The Morgan fingerprint density at radius 3 is 2.62 bits per heavy atom. The monoisotopic (exact) mass is 582 g/mol. The molecule has 3 heterocycles. The van der Waals surface area contributed by atoms with Crippen molar-refractivity contribution in [3.63, 3.8) is 0 Å². The molecule has 0 aliphatic heterocycles. The molecule has 11 heteroatoms. The van der Waals surface area contributed by atoms with E-state index in [-0.39, 0.29) is 45.4 Å². The fourth-order valence-electron chi connectivity index (χ4n) is 5.01. The molecule has 5 rings (SSSR count). The molecule has 1 amide bonds. The van der Waals surface area contributed by atoms with Gasteiger partial charge in [0.15, 0.2) is 11.6 Å². The smallest absolute Gasteiger partial charge is 0.341 e.